The van der Waals surface area contributed by atoms with Gasteiger partial charge in [-0.15, -0.1) is 0 Å². The molecule has 0 radical (unpaired) electrons. The Morgan fingerprint density at radius 3 is 2.19 bits per heavy atom. The number of aliphatic carboxylic acids is 1. The molecular formula is C18H28O3. The van der Waals surface area contributed by atoms with Crippen molar-refractivity contribution in [2.75, 3.05) is 6.61 Å². The third-order valence-corrected chi connectivity index (χ3v) is 5.13. The van der Waals surface area contributed by atoms with E-state index in [1.807, 2.05) is 0 Å². The number of rotatable bonds is 7. The molecule has 1 spiro atoms. The smallest absolute Gasteiger partial charge is 0.303 e. The SMILES string of the molecule is O=C(O)CCC1(CCCCO)C=CC2(C=C1)CCCCC2. The molecule has 3 nitrogen and oxygen atoms in total. The number of hydrogen-bond acceptors (Lipinski definition) is 2. The summed E-state index contributed by atoms with van der Waals surface area (Å²) in [7, 11) is 0. The molecule has 0 aromatic carbocycles. The summed E-state index contributed by atoms with van der Waals surface area (Å²) in [5, 5.41) is 18.0. The van der Waals surface area contributed by atoms with Crippen molar-refractivity contribution in [2.45, 2.75) is 64.2 Å². The van der Waals surface area contributed by atoms with Crippen molar-refractivity contribution >= 4 is 5.97 Å². The van der Waals surface area contributed by atoms with Gasteiger partial charge in [0.15, 0.2) is 0 Å². The Hall–Kier alpha value is -1.09. The first-order valence-electron chi connectivity index (χ1n) is 8.33. The molecule has 0 atom stereocenters. The van der Waals surface area contributed by atoms with Crippen LogP contribution >= 0.6 is 0 Å². The van der Waals surface area contributed by atoms with Gasteiger partial charge >= 0.3 is 5.97 Å². The van der Waals surface area contributed by atoms with E-state index in [9.17, 15) is 4.79 Å². The fourth-order valence-electron chi connectivity index (χ4n) is 3.68. The summed E-state index contributed by atoms with van der Waals surface area (Å²) in [5.41, 5.74) is 0.123. The average molecular weight is 292 g/mol. The Morgan fingerprint density at radius 1 is 0.952 bits per heavy atom. The van der Waals surface area contributed by atoms with Crippen LogP contribution in [0, 0.1) is 10.8 Å². The first-order chi connectivity index (χ1) is 10.1. The molecule has 2 rings (SSSR count). The van der Waals surface area contributed by atoms with Crippen LogP contribution < -0.4 is 0 Å². The Labute approximate surface area is 127 Å². The third-order valence-electron chi connectivity index (χ3n) is 5.13. The topological polar surface area (TPSA) is 57.5 Å². The number of carboxylic acid groups (broad SMARTS) is 1. The first kappa shape index (κ1) is 16.3. The molecule has 1 fully saturated rings. The number of hydrogen-bond donors (Lipinski definition) is 2. The molecule has 0 saturated heterocycles. The summed E-state index contributed by atoms with van der Waals surface area (Å²) in [6.45, 7) is 0.215. The van der Waals surface area contributed by atoms with E-state index in [2.05, 4.69) is 24.3 Å². The van der Waals surface area contributed by atoms with Crippen molar-refractivity contribution in [3.63, 3.8) is 0 Å². The van der Waals surface area contributed by atoms with Gasteiger partial charge in [0, 0.05) is 23.9 Å². The van der Waals surface area contributed by atoms with Crippen LogP contribution in [0.1, 0.15) is 64.2 Å². The molecule has 0 aromatic rings. The molecule has 2 aliphatic carbocycles. The summed E-state index contributed by atoms with van der Waals surface area (Å²) in [5.74, 6) is -0.726. The van der Waals surface area contributed by atoms with Gasteiger partial charge in [-0.25, -0.2) is 0 Å². The van der Waals surface area contributed by atoms with Crippen molar-refractivity contribution in [2.24, 2.45) is 10.8 Å². The number of unbranched alkanes of at least 4 members (excludes halogenated alkanes) is 1. The van der Waals surface area contributed by atoms with Gasteiger partial charge in [-0.2, -0.15) is 0 Å². The van der Waals surface area contributed by atoms with Gasteiger partial charge < -0.3 is 10.2 Å². The molecule has 118 valence electrons. The molecule has 2 aliphatic rings. The Morgan fingerprint density at radius 2 is 1.62 bits per heavy atom. The quantitative estimate of drug-likeness (QED) is 0.549. The minimum atomic E-state index is -0.726. The molecule has 0 bridgehead atoms. The molecule has 0 amide bonds. The van der Waals surface area contributed by atoms with Crippen molar-refractivity contribution in [1.29, 1.82) is 0 Å². The van der Waals surface area contributed by atoms with Crippen LogP contribution in [0.2, 0.25) is 0 Å². The monoisotopic (exact) mass is 292 g/mol. The standard InChI is InChI=1S/C18H28O3/c19-15-5-4-9-18(10-6-16(20)21)13-11-17(12-14-18)7-2-1-3-8-17/h11-14,19H,1-10,15H2,(H,20,21). The van der Waals surface area contributed by atoms with Crippen molar-refractivity contribution in [3.8, 4) is 0 Å². The van der Waals surface area contributed by atoms with Crippen LogP contribution in [0.3, 0.4) is 0 Å². The Balaban J connectivity index is 2.05. The van der Waals surface area contributed by atoms with Gasteiger partial charge in [-0.05, 0) is 38.5 Å². The molecule has 2 N–H and O–H groups in total. The summed E-state index contributed by atoms with van der Waals surface area (Å²) >= 11 is 0. The number of carboxylic acids is 1. The highest BCUT2D eigenvalue weighted by atomic mass is 16.4. The van der Waals surface area contributed by atoms with Crippen molar-refractivity contribution < 1.29 is 15.0 Å². The van der Waals surface area contributed by atoms with Gasteiger partial charge in [0.05, 0.1) is 0 Å². The zero-order chi connectivity index (χ0) is 15.2. The van der Waals surface area contributed by atoms with Gasteiger partial charge in [0.25, 0.3) is 0 Å². The molecule has 1 saturated carbocycles. The zero-order valence-corrected chi connectivity index (χ0v) is 12.9. The second-order valence-corrected chi connectivity index (χ2v) is 6.77. The van der Waals surface area contributed by atoms with Crippen LogP contribution in [0.5, 0.6) is 0 Å². The van der Waals surface area contributed by atoms with E-state index in [4.69, 9.17) is 10.2 Å². The Bertz CT molecular complexity index is 387. The Kier molecular flexibility index (Phi) is 5.63. The summed E-state index contributed by atoms with van der Waals surface area (Å²) in [4.78, 5) is 10.9. The molecule has 0 aliphatic heterocycles. The van der Waals surface area contributed by atoms with E-state index in [0.717, 1.165) is 19.3 Å². The van der Waals surface area contributed by atoms with Crippen LogP contribution in [-0.4, -0.2) is 22.8 Å². The van der Waals surface area contributed by atoms with Crippen LogP contribution in [0.4, 0.5) is 0 Å². The maximum Gasteiger partial charge on any atom is 0.303 e. The fraction of sp³-hybridized carbons (Fsp3) is 0.722. The number of aliphatic hydroxyl groups excluding tert-OH is 1. The number of allylic oxidation sites excluding steroid dienone is 4. The second-order valence-electron chi connectivity index (χ2n) is 6.77. The van der Waals surface area contributed by atoms with Crippen LogP contribution in [0.15, 0.2) is 24.3 Å². The molecule has 21 heavy (non-hydrogen) atoms. The third kappa shape index (κ3) is 4.44. The minimum Gasteiger partial charge on any atom is -0.481 e. The largest absolute Gasteiger partial charge is 0.481 e. The molecule has 3 heteroatoms. The van der Waals surface area contributed by atoms with E-state index in [0.29, 0.717) is 6.42 Å². The van der Waals surface area contributed by atoms with E-state index in [-0.39, 0.29) is 23.9 Å². The first-order valence-corrected chi connectivity index (χ1v) is 8.33. The number of aliphatic hydroxyl groups is 1. The fourth-order valence-corrected chi connectivity index (χ4v) is 3.68. The molecule has 0 heterocycles. The lowest BCUT2D eigenvalue weighted by molar-refractivity contribution is -0.137. The average Bonchev–Trinajstić information content (AvgIpc) is 2.50. The van der Waals surface area contributed by atoms with Gasteiger partial charge in [-0.3, -0.25) is 4.79 Å². The molecule has 0 unspecified atom stereocenters. The maximum atomic E-state index is 10.9. The second kappa shape index (κ2) is 7.26. The van der Waals surface area contributed by atoms with Crippen molar-refractivity contribution in [3.05, 3.63) is 24.3 Å². The normalized spacial score (nSPS) is 22.5. The van der Waals surface area contributed by atoms with Crippen LogP contribution in [0.25, 0.3) is 0 Å². The summed E-state index contributed by atoms with van der Waals surface area (Å²) < 4.78 is 0. The molecule has 0 aromatic heterocycles. The minimum absolute atomic E-state index is 0.115. The van der Waals surface area contributed by atoms with E-state index < -0.39 is 5.97 Å². The van der Waals surface area contributed by atoms with Gasteiger partial charge in [0.1, 0.15) is 0 Å². The van der Waals surface area contributed by atoms with E-state index >= 15 is 0 Å². The lowest BCUT2D eigenvalue weighted by Gasteiger charge is -2.39. The maximum absolute atomic E-state index is 10.9. The molecular weight excluding hydrogens is 264 g/mol. The lowest BCUT2D eigenvalue weighted by atomic mass is 9.66. The highest BCUT2D eigenvalue weighted by molar-refractivity contribution is 5.66. The summed E-state index contributed by atoms with van der Waals surface area (Å²) in [6.07, 6.45) is 19.2. The zero-order valence-electron chi connectivity index (χ0n) is 12.9. The van der Waals surface area contributed by atoms with Crippen molar-refractivity contribution in [1.82, 2.24) is 0 Å². The summed E-state index contributed by atoms with van der Waals surface area (Å²) in [6, 6.07) is 0. The van der Waals surface area contributed by atoms with E-state index in [1.165, 1.54) is 32.1 Å². The predicted molar refractivity (Wildman–Crippen MR) is 84.0 cm³/mol. The van der Waals surface area contributed by atoms with Crippen LogP contribution in [-0.2, 0) is 4.79 Å². The lowest BCUT2D eigenvalue weighted by Crippen LogP contribution is -2.27. The predicted octanol–water partition coefficient (Wildman–Crippen LogP) is 4.08. The highest BCUT2D eigenvalue weighted by Gasteiger charge is 2.34. The van der Waals surface area contributed by atoms with E-state index in [1.54, 1.807) is 0 Å². The van der Waals surface area contributed by atoms with Gasteiger partial charge in [-0.1, -0.05) is 43.6 Å². The highest BCUT2D eigenvalue weighted by Crippen LogP contribution is 2.46. The van der Waals surface area contributed by atoms with Gasteiger partial charge in [0.2, 0.25) is 0 Å². The number of carbonyl (C=O) groups is 1.